The van der Waals surface area contributed by atoms with Crippen molar-refractivity contribution in [1.82, 2.24) is 0 Å². The first-order valence-corrected chi connectivity index (χ1v) is 8.17. The summed E-state index contributed by atoms with van der Waals surface area (Å²) in [6.45, 7) is 1.88. The minimum atomic E-state index is -4.32. The van der Waals surface area contributed by atoms with Gasteiger partial charge < -0.3 is 10.6 Å². The Kier molecular flexibility index (Phi) is 4.70. The Morgan fingerprint density at radius 2 is 1.56 bits per heavy atom. The van der Waals surface area contributed by atoms with E-state index in [9.17, 15) is 18.0 Å². The number of hydrogen-bond acceptors (Lipinski definition) is 2. The number of hydrogen-bond donors (Lipinski definition) is 2. The molecule has 25 heavy (non-hydrogen) atoms. The largest absolute Gasteiger partial charge is 0.416 e. The van der Waals surface area contributed by atoms with Crippen LogP contribution in [0.15, 0.2) is 48.5 Å². The summed E-state index contributed by atoms with van der Waals surface area (Å²) in [5.41, 5.74) is 1.68. The standard InChI is InChI=1S/C19H19F3N2O/c1-12(13-4-6-15(7-5-13)19(20,21)22)23-16-8-10-17(11-9-16)24-18(25)14-2-3-14/h4-12,14,23H,2-3H2,1H3,(H,24,25). The van der Waals surface area contributed by atoms with Crippen LogP contribution in [0, 0.1) is 5.92 Å². The molecule has 2 N–H and O–H groups in total. The van der Waals surface area contributed by atoms with Gasteiger partial charge in [-0.25, -0.2) is 0 Å². The average Bonchev–Trinajstić information content (AvgIpc) is 3.41. The van der Waals surface area contributed by atoms with E-state index < -0.39 is 11.7 Å². The number of carbonyl (C=O) groups is 1. The number of amides is 1. The summed E-state index contributed by atoms with van der Waals surface area (Å²) in [6.07, 6.45) is -2.41. The summed E-state index contributed by atoms with van der Waals surface area (Å²) >= 11 is 0. The van der Waals surface area contributed by atoms with Gasteiger partial charge in [0.25, 0.3) is 0 Å². The van der Waals surface area contributed by atoms with E-state index in [4.69, 9.17) is 0 Å². The molecule has 0 spiro atoms. The highest BCUT2D eigenvalue weighted by Crippen LogP contribution is 2.31. The fourth-order valence-electron chi connectivity index (χ4n) is 2.53. The summed E-state index contributed by atoms with van der Waals surface area (Å²) < 4.78 is 37.8. The van der Waals surface area contributed by atoms with Crippen LogP contribution in [0.25, 0.3) is 0 Å². The molecule has 3 rings (SSSR count). The molecule has 6 heteroatoms. The Morgan fingerprint density at radius 1 is 1.00 bits per heavy atom. The van der Waals surface area contributed by atoms with Crippen molar-refractivity contribution >= 4 is 17.3 Å². The van der Waals surface area contributed by atoms with Crippen LogP contribution < -0.4 is 10.6 Å². The molecule has 1 unspecified atom stereocenters. The Labute approximate surface area is 144 Å². The van der Waals surface area contributed by atoms with Gasteiger partial charge in [0, 0.05) is 23.3 Å². The molecule has 132 valence electrons. The highest BCUT2D eigenvalue weighted by atomic mass is 19.4. The maximum atomic E-state index is 12.6. The van der Waals surface area contributed by atoms with Crippen molar-refractivity contribution < 1.29 is 18.0 Å². The number of alkyl halides is 3. The predicted molar refractivity (Wildman–Crippen MR) is 91.3 cm³/mol. The molecule has 1 saturated carbocycles. The van der Waals surface area contributed by atoms with Crippen LogP contribution in [0.3, 0.4) is 0 Å². The molecule has 0 aromatic heterocycles. The molecule has 2 aromatic rings. The van der Waals surface area contributed by atoms with E-state index in [-0.39, 0.29) is 17.9 Å². The van der Waals surface area contributed by atoms with E-state index >= 15 is 0 Å². The number of benzene rings is 2. The molecular formula is C19H19F3N2O. The molecule has 1 amide bonds. The lowest BCUT2D eigenvalue weighted by Gasteiger charge is -2.17. The molecule has 1 atom stereocenters. The third-order valence-electron chi connectivity index (χ3n) is 4.22. The van der Waals surface area contributed by atoms with Crippen molar-refractivity contribution in [3.05, 3.63) is 59.7 Å². The van der Waals surface area contributed by atoms with Gasteiger partial charge in [0.05, 0.1) is 5.56 Å². The quantitative estimate of drug-likeness (QED) is 0.777. The van der Waals surface area contributed by atoms with E-state index in [0.717, 1.165) is 41.9 Å². The minimum Gasteiger partial charge on any atom is -0.379 e. The molecule has 0 saturated heterocycles. The topological polar surface area (TPSA) is 41.1 Å². The highest BCUT2D eigenvalue weighted by molar-refractivity contribution is 5.94. The van der Waals surface area contributed by atoms with Crippen molar-refractivity contribution in [2.45, 2.75) is 32.0 Å². The molecule has 0 aliphatic heterocycles. The maximum Gasteiger partial charge on any atom is 0.416 e. The van der Waals surface area contributed by atoms with Crippen molar-refractivity contribution in [1.29, 1.82) is 0 Å². The minimum absolute atomic E-state index is 0.0545. The first-order chi connectivity index (χ1) is 11.8. The third kappa shape index (κ3) is 4.53. The third-order valence-corrected chi connectivity index (χ3v) is 4.22. The average molecular weight is 348 g/mol. The van der Waals surface area contributed by atoms with Crippen LogP contribution in [0.5, 0.6) is 0 Å². The van der Waals surface area contributed by atoms with E-state index in [2.05, 4.69) is 10.6 Å². The molecule has 1 aliphatic rings. The molecule has 0 heterocycles. The Balaban J connectivity index is 1.60. The zero-order valence-corrected chi connectivity index (χ0v) is 13.7. The van der Waals surface area contributed by atoms with Gasteiger partial charge in [-0.2, -0.15) is 13.2 Å². The van der Waals surface area contributed by atoms with E-state index in [1.807, 2.05) is 31.2 Å². The predicted octanol–water partition coefficient (Wildman–Crippen LogP) is 5.23. The first-order valence-electron chi connectivity index (χ1n) is 8.17. The zero-order chi connectivity index (χ0) is 18.0. The van der Waals surface area contributed by atoms with Gasteiger partial charge in [-0.1, -0.05) is 12.1 Å². The lowest BCUT2D eigenvalue weighted by molar-refractivity contribution is -0.137. The highest BCUT2D eigenvalue weighted by Gasteiger charge is 2.30. The molecule has 0 radical (unpaired) electrons. The van der Waals surface area contributed by atoms with Gasteiger partial charge >= 0.3 is 6.18 Å². The number of halogens is 3. The van der Waals surface area contributed by atoms with Crippen molar-refractivity contribution in [3.8, 4) is 0 Å². The van der Waals surface area contributed by atoms with Crippen molar-refractivity contribution in [2.75, 3.05) is 10.6 Å². The van der Waals surface area contributed by atoms with Crippen molar-refractivity contribution in [3.63, 3.8) is 0 Å². The normalized spacial score (nSPS) is 15.5. The van der Waals surface area contributed by atoms with Crippen molar-refractivity contribution in [2.24, 2.45) is 5.92 Å². The molecular weight excluding hydrogens is 329 g/mol. The number of carbonyl (C=O) groups excluding carboxylic acids is 1. The molecule has 1 aliphatic carbocycles. The number of rotatable bonds is 5. The second-order valence-corrected chi connectivity index (χ2v) is 6.33. The first kappa shape index (κ1) is 17.3. The van der Waals surface area contributed by atoms with E-state index in [1.165, 1.54) is 12.1 Å². The van der Waals surface area contributed by atoms with Crippen LogP contribution in [0.4, 0.5) is 24.5 Å². The van der Waals surface area contributed by atoms with Crippen LogP contribution >= 0.6 is 0 Å². The Hall–Kier alpha value is -2.50. The molecule has 0 bridgehead atoms. The van der Waals surface area contributed by atoms with Gasteiger partial charge in [0.15, 0.2) is 0 Å². The van der Waals surface area contributed by atoms with Crippen LogP contribution in [-0.4, -0.2) is 5.91 Å². The summed E-state index contributed by atoms with van der Waals surface area (Å²) in [6, 6.07) is 12.3. The summed E-state index contributed by atoms with van der Waals surface area (Å²) in [7, 11) is 0. The molecule has 1 fully saturated rings. The summed E-state index contributed by atoms with van der Waals surface area (Å²) in [4.78, 5) is 11.7. The summed E-state index contributed by atoms with van der Waals surface area (Å²) in [5, 5.41) is 6.10. The van der Waals surface area contributed by atoms with Crippen LogP contribution in [0.1, 0.15) is 36.9 Å². The second kappa shape index (κ2) is 6.78. The number of anilines is 2. The van der Waals surface area contributed by atoms with Crippen LogP contribution in [-0.2, 0) is 11.0 Å². The second-order valence-electron chi connectivity index (χ2n) is 6.33. The van der Waals surface area contributed by atoms with Gasteiger partial charge in [-0.05, 0) is 61.7 Å². The molecule has 2 aromatic carbocycles. The molecule has 3 nitrogen and oxygen atoms in total. The van der Waals surface area contributed by atoms with Crippen LogP contribution in [0.2, 0.25) is 0 Å². The lowest BCUT2D eigenvalue weighted by atomic mass is 10.1. The van der Waals surface area contributed by atoms with E-state index in [0.29, 0.717) is 0 Å². The Bertz CT molecular complexity index is 735. The fraction of sp³-hybridized carbons (Fsp3) is 0.316. The lowest BCUT2D eigenvalue weighted by Crippen LogP contribution is -2.13. The maximum absolute atomic E-state index is 12.6. The zero-order valence-electron chi connectivity index (χ0n) is 13.7. The Morgan fingerprint density at radius 3 is 2.08 bits per heavy atom. The number of nitrogens with one attached hydrogen (secondary N) is 2. The van der Waals surface area contributed by atoms with Gasteiger partial charge in [-0.3, -0.25) is 4.79 Å². The SMILES string of the molecule is CC(Nc1ccc(NC(=O)C2CC2)cc1)c1ccc(C(F)(F)F)cc1. The van der Waals surface area contributed by atoms with E-state index in [1.54, 1.807) is 0 Å². The van der Waals surface area contributed by atoms with Gasteiger partial charge in [0.1, 0.15) is 0 Å². The fourth-order valence-corrected chi connectivity index (χ4v) is 2.53. The monoisotopic (exact) mass is 348 g/mol. The smallest absolute Gasteiger partial charge is 0.379 e. The summed E-state index contributed by atoms with van der Waals surface area (Å²) in [5.74, 6) is 0.205. The van der Waals surface area contributed by atoms with Gasteiger partial charge in [-0.15, -0.1) is 0 Å². The van der Waals surface area contributed by atoms with Gasteiger partial charge in [0.2, 0.25) is 5.91 Å².